The molecule has 3 amide bonds. The van der Waals surface area contributed by atoms with Crippen molar-refractivity contribution in [3.05, 3.63) is 60.0 Å². The van der Waals surface area contributed by atoms with Gasteiger partial charge in [-0.05, 0) is 75.5 Å². The number of nitrogens with one attached hydrogen (secondary N) is 1. The topological polar surface area (TPSA) is 174 Å². The van der Waals surface area contributed by atoms with Crippen molar-refractivity contribution in [3.8, 4) is 0 Å². The number of carbonyl (C=O) groups is 6. The lowest BCUT2D eigenvalue weighted by Crippen LogP contribution is -2.46. The number of ether oxygens (including phenoxy) is 2. The van der Waals surface area contributed by atoms with Crippen LogP contribution >= 0.6 is 0 Å². The van der Waals surface area contributed by atoms with Gasteiger partial charge < -0.3 is 14.4 Å². The van der Waals surface area contributed by atoms with Gasteiger partial charge in [0.25, 0.3) is 0 Å². The molecule has 306 valence electrons. The van der Waals surface area contributed by atoms with Gasteiger partial charge in [-0.25, -0.2) is 17.6 Å². The fourth-order valence-corrected chi connectivity index (χ4v) is 8.73. The number of carbonyl (C=O) groups excluding carboxylic acids is 6. The molecule has 0 spiro atoms. The van der Waals surface area contributed by atoms with Gasteiger partial charge in [0, 0.05) is 37.3 Å². The normalized spacial score (nSPS) is 24.0. The highest BCUT2D eigenvalue weighted by atomic mass is 32.2. The standard InChI is InChI=1S/C41H54FN3O10S/c1-8-27-20-41(27,37(50)43-56(52,53)30-14-15-30)21-34(47)33-19-29(54-38(51)44-22-26-10-9-11-32(42)31(26)24-44)23-45(33)36(49)25(18-35(48)55-40(5,6)7)12-13-28(46)16-17-39(2,3)4/h8-11,16-17,25,27,29-30,33H,1,12-15,18-24H2,2-7H3,(H,43,50)/b17-16-/t25-,27-,29-,33+,41-/m1/s1. The second-order valence-electron chi connectivity index (χ2n) is 17.7. The van der Waals surface area contributed by atoms with Gasteiger partial charge in [-0.2, -0.15) is 0 Å². The number of hydrogen-bond acceptors (Lipinski definition) is 10. The van der Waals surface area contributed by atoms with Crippen molar-refractivity contribution in [2.75, 3.05) is 6.54 Å². The number of fused-ring (bicyclic) bond motifs is 1. The fourth-order valence-electron chi connectivity index (χ4n) is 7.34. The lowest BCUT2D eigenvalue weighted by molar-refractivity contribution is -0.159. The highest BCUT2D eigenvalue weighted by Gasteiger charge is 2.61. The first-order valence-corrected chi connectivity index (χ1v) is 20.7. The van der Waals surface area contributed by atoms with Crippen LogP contribution in [-0.4, -0.2) is 83.2 Å². The van der Waals surface area contributed by atoms with Crippen LogP contribution in [0.1, 0.15) is 104 Å². The quantitative estimate of drug-likeness (QED) is 0.139. The average molecular weight is 800 g/mol. The minimum absolute atomic E-state index is 0.0292. The number of allylic oxidation sites excluding steroid dienone is 3. The molecule has 15 heteroatoms. The highest BCUT2D eigenvalue weighted by molar-refractivity contribution is 7.90. The molecule has 1 aromatic rings. The predicted octanol–water partition coefficient (Wildman–Crippen LogP) is 5.31. The molecule has 5 atom stereocenters. The molecule has 1 N–H and O–H groups in total. The highest BCUT2D eigenvalue weighted by Crippen LogP contribution is 2.57. The van der Waals surface area contributed by atoms with E-state index < -0.39 is 98.6 Å². The molecule has 0 bridgehead atoms. The summed E-state index contributed by atoms with van der Waals surface area (Å²) in [7, 11) is -3.93. The third-order valence-corrected chi connectivity index (χ3v) is 12.4. The summed E-state index contributed by atoms with van der Waals surface area (Å²) >= 11 is 0. The van der Waals surface area contributed by atoms with Crippen LogP contribution in [0.3, 0.4) is 0 Å². The van der Waals surface area contributed by atoms with Crippen molar-refractivity contribution in [1.29, 1.82) is 0 Å². The Morgan fingerprint density at radius 2 is 1.77 bits per heavy atom. The summed E-state index contributed by atoms with van der Waals surface area (Å²) in [5.41, 5.74) is -1.55. The fraction of sp³-hybridized carbons (Fsp3) is 0.610. The van der Waals surface area contributed by atoms with Gasteiger partial charge in [-0.15, -0.1) is 6.58 Å². The second kappa shape index (κ2) is 16.2. The Morgan fingerprint density at radius 1 is 1.07 bits per heavy atom. The van der Waals surface area contributed by atoms with E-state index in [1.807, 2.05) is 20.8 Å². The van der Waals surface area contributed by atoms with Crippen LogP contribution in [0.15, 0.2) is 43.0 Å². The first-order valence-electron chi connectivity index (χ1n) is 19.2. The van der Waals surface area contributed by atoms with E-state index in [0.717, 1.165) is 0 Å². The zero-order valence-corrected chi connectivity index (χ0v) is 33.9. The molecule has 2 saturated carbocycles. The molecular formula is C41H54FN3O10S. The Balaban J connectivity index is 1.39. The molecule has 2 aliphatic heterocycles. The molecule has 4 aliphatic rings. The van der Waals surface area contributed by atoms with E-state index in [1.165, 1.54) is 28.0 Å². The van der Waals surface area contributed by atoms with E-state index in [0.29, 0.717) is 24.0 Å². The number of nitrogens with zero attached hydrogens (tertiary/aromatic N) is 2. The van der Waals surface area contributed by atoms with E-state index in [9.17, 15) is 41.6 Å². The van der Waals surface area contributed by atoms with Crippen molar-refractivity contribution in [3.63, 3.8) is 0 Å². The molecule has 1 saturated heterocycles. The first-order chi connectivity index (χ1) is 26.0. The molecule has 3 fully saturated rings. The van der Waals surface area contributed by atoms with Crippen LogP contribution in [0.4, 0.5) is 9.18 Å². The van der Waals surface area contributed by atoms with Crippen LogP contribution < -0.4 is 4.72 Å². The maximum atomic E-state index is 14.5. The third kappa shape index (κ3) is 10.5. The Kier molecular flexibility index (Phi) is 12.4. The third-order valence-electron chi connectivity index (χ3n) is 10.6. The maximum absolute atomic E-state index is 14.5. The summed E-state index contributed by atoms with van der Waals surface area (Å²) in [5.74, 6) is -5.00. The van der Waals surface area contributed by atoms with Gasteiger partial charge in [-0.3, -0.25) is 33.6 Å². The van der Waals surface area contributed by atoms with Gasteiger partial charge in [0.1, 0.15) is 17.5 Å². The minimum Gasteiger partial charge on any atom is -0.460 e. The number of halogens is 1. The summed E-state index contributed by atoms with van der Waals surface area (Å²) in [6.45, 7) is 14.4. The molecule has 56 heavy (non-hydrogen) atoms. The van der Waals surface area contributed by atoms with E-state index in [2.05, 4.69) is 11.3 Å². The number of sulfonamides is 1. The van der Waals surface area contributed by atoms with Crippen molar-refractivity contribution >= 4 is 45.5 Å². The average Bonchev–Trinajstić information content (AvgIpc) is 3.98. The number of benzene rings is 1. The van der Waals surface area contributed by atoms with E-state index in [1.54, 1.807) is 39.0 Å². The number of esters is 1. The van der Waals surface area contributed by atoms with E-state index in [-0.39, 0.29) is 56.5 Å². The van der Waals surface area contributed by atoms with Crippen LogP contribution in [0, 0.1) is 28.5 Å². The lowest BCUT2D eigenvalue weighted by Gasteiger charge is -2.29. The number of amides is 3. The van der Waals surface area contributed by atoms with Crippen LogP contribution in [0.5, 0.6) is 0 Å². The molecule has 0 radical (unpaired) electrons. The monoisotopic (exact) mass is 799 g/mol. The Labute approximate surface area is 328 Å². The maximum Gasteiger partial charge on any atom is 0.410 e. The molecule has 13 nitrogen and oxygen atoms in total. The van der Waals surface area contributed by atoms with Gasteiger partial charge in [-0.1, -0.05) is 45.1 Å². The van der Waals surface area contributed by atoms with Crippen molar-refractivity contribution < 1.29 is 51.0 Å². The van der Waals surface area contributed by atoms with Crippen molar-refractivity contribution in [2.24, 2.45) is 22.7 Å². The minimum atomic E-state index is -3.93. The SMILES string of the molecule is C=C[C@@H]1C[C@]1(CC(=O)[C@@H]1C[C@@H](OC(=O)N2Cc3cccc(F)c3C2)CN1C(=O)[C@H](CCC(=O)/C=C\C(C)(C)C)CC(=O)OC(C)(C)C)C(=O)NS(=O)(=O)C1CC1. The number of ketones is 2. The summed E-state index contributed by atoms with van der Waals surface area (Å²) < 4.78 is 53.4. The number of likely N-dealkylation sites (tertiary alicyclic amines) is 1. The van der Waals surface area contributed by atoms with Crippen LogP contribution in [0.25, 0.3) is 0 Å². The van der Waals surface area contributed by atoms with Crippen molar-refractivity contribution in [2.45, 2.75) is 129 Å². The molecule has 2 heterocycles. The van der Waals surface area contributed by atoms with Gasteiger partial charge in [0.2, 0.25) is 21.8 Å². The second-order valence-corrected chi connectivity index (χ2v) is 19.7. The van der Waals surface area contributed by atoms with E-state index in [4.69, 9.17) is 9.47 Å². The summed E-state index contributed by atoms with van der Waals surface area (Å²) in [4.78, 5) is 84.4. The zero-order chi connectivity index (χ0) is 41.4. The summed E-state index contributed by atoms with van der Waals surface area (Å²) in [6, 6.07) is 3.34. The Morgan fingerprint density at radius 3 is 2.36 bits per heavy atom. The zero-order valence-electron chi connectivity index (χ0n) is 33.1. The Hall–Kier alpha value is -4.40. The molecular weight excluding hydrogens is 746 g/mol. The van der Waals surface area contributed by atoms with Gasteiger partial charge >= 0.3 is 12.1 Å². The molecule has 2 aliphatic carbocycles. The molecule has 5 rings (SSSR count). The Bertz CT molecular complexity index is 1910. The molecule has 0 aromatic heterocycles. The van der Waals surface area contributed by atoms with E-state index >= 15 is 0 Å². The number of rotatable bonds is 15. The van der Waals surface area contributed by atoms with Crippen LogP contribution in [-0.2, 0) is 56.6 Å². The smallest absolute Gasteiger partial charge is 0.410 e. The van der Waals surface area contributed by atoms with Gasteiger partial charge in [0.15, 0.2) is 11.6 Å². The summed E-state index contributed by atoms with van der Waals surface area (Å²) in [6.07, 6.45) is 2.86. The number of hydrogen-bond donors (Lipinski definition) is 1. The van der Waals surface area contributed by atoms with Gasteiger partial charge in [0.05, 0.1) is 36.2 Å². The lowest BCUT2D eigenvalue weighted by atomic mass is 9.90. The van der Waals surface area contributed by atoms with Crippen molar-refractivity contribution in [1.82, 2.24) is 14.5 Å². The number of Topliss-reactive ketones (excluding diaryl/α,β-unsaturated/α-hetero) is 1. The molecule has 0 unspecified atom stereocenters. The predicted molar refractivity (Wildman–Crippen MR) is 203 cm³/mol. The summed E-state index contributed by atoms with van der Waals surface area (Å²) in [5, 5.41) is -0.670. The molecule has 1 aromatic carbocycles. The van der Waals surface area contributed by atoms with Crippen LogP contribution in [0.2, 0.25) is 0 Å². The first kappa shape index (κ1) is 42.7. The largest absolute Gasteiger partial charge is 0.460 e.